The van der Waals surface area contributed by atoms with E-state index < -0.39 is 20.0 Å². The van der Waals surface area contributed by atoms with Crippen LogP contribution in [0.2, 0.25) is 0 Å². The van der Waals surface area contributed by atoms with Crippen LogP contribution in [0.4, 0.5) is 11.6 Å². The van der Waals surface area contributed by atoms with Crippen LogP contribution in [-0.4, -0.2) is 29.3 Å². The summed E-state index contributed by atoms with van der Waals surface area (Å²) in [7, 11) is -7.14. The molecule has 0 fully saturated rings. The number of rotatable bonds is 4. The highest BCUT2D eigenvalue weighted by atomic mass is 32.2. The minimum atomic E-state index is -3.58. The predicted octanol–water partition coefficient (Wildman–Crippen LogP) is 1.18. The van der Waals surface area contributed by atoms with Crippen LogP contribution >= 0.6 is 0 Å². The summed E-state index contributed by atoms with van der Waals surface area (Å²) in [4.78, 5) is 0. The number of anilines is 2. The van der Waals surface area contributed by atoms with E-state index in [1.165, 1.54) is 0 Å². The predicted molar refractivity (Wildman–Crippen MR) is 73.1 cm³/mol. The van der Waals surface area contributed by atoms with Gasteiger partial charge in [-0.15, -0.1) is 0 Å². The van der Waals surface area contributed by atoms with Crippen molar-refractivity contribution in [2.24, 2.45) is 0 Å². The number of nitrogens with one attached hydrogen (secondary N) is 2. The van der Waals surface area contributed by atoms with Gasteiger partial charge in [0.25, 0.3) is 0 Å². The normalized spacial score (nSPS) is 12.5. The first kappa shape index (κ1) is 13.7. The summed E-state index contributed by atoms with van der Waals surface area (Å²) in [5, 5.41) is 0.471. The number of benzene rings is 1. The Kier molecular flexibility index (Phi) is 3.19. The van der Waals surface area contributed by atoms with Gasteiger partial charge in [-0.2, -0.15) is 0 Å². The molecule has 104 valence electrons. The molecular weight excluding hydrogens is 292 g/mol. The summed E-state index contributed by atoms with van der Waals surface area (Å²) in [6, 6.07) is 6.62. The molecule has 2 rings (SSSR count). The van der Waals surface area contributed by atoms with Crippen molar-refractivity contribution in [3.8, 4) is 0 Å². The quantitative estimate of drug-likeness (QED) is 0.882. The van der Waals surface area contributed by atoms with E-state index in [9.17, 15) is 16.8 Å². The minimum absolute atomic E-state index is 0.0727. The molecule has 2 aromatic rings. The highest BCUT2D eigenvalue weighted by Crippen LogP contribution is 2.35. The van der Waals surface area contributed by atoms with Crippen molar-refractivity contribution in [1.82, 2.24) is 0 Å². The Morgan fingerprint density at radius 1 is 0.947 bits per heavy atom. The molecule has 2 N–H and O–H groups in total. The third kappa shape index (κ3) is 3.38. The SMILES string of the molecule is CS(=O)(=O)Nc1oc2ccccc2c1NS(C)(=O)=O. The van der Waals surface area contributed by atoms with E-state index in [0.717, 1.165) is 12.5 Å². The number of sulfonamides is 2. The van der Waals surface area contributed by atoms with Crippen molar-refractivity contribution in [3.05, 3.63) is 24.3 Å². The Labute approximate surface area is 110 Å². The maximum Gasteiger partial charge on any atom is 0.232 e. The van der Waals surface area contributed by atoms with Crippen LogP contribution in [0.5, 0.6) is 0 Å². The van der Waals surface area contributed by atoms with Gasteiger partial charge in [-0.3, -0.25) is 9.44 Å². The zero-order chi connectivity index (χ0) is 14.3. The molecule has 0 saturated heterocycles. The van der Waals surface area contributed by atoms with E-state index in [2.05, 4.69) is 9.44 Å². The van der Waals surface area contributed by atoms with Gasteiger partial charge in [0.2, 0.25) is 25.9 Å². The first-order chi connectivity index (χ1) is 8.66. The molecule has 0 radical (unpaired) electrons. The zero-order valence-electron chi connectivity index (χ0n) is 10.2. The second-order valence-electron chi connectivity index (χ2n) is 4.05. The van der Waals surface area contributed by atoms with Crippen LogP contribution in [0.3, 0.4) is 0 Å². The molecule has 19 heavy (non-hydrogen) atoms. The number of para-hydroxylation sites is 1. The number of hydrogen-bond acceptors (Lipinski definition) is 5. The fraction of sp³-hybridized carbons (Fsp3) is 0.200. The van der Waals surface area contributed by atoms with Crippen LogP contribution in [0, 0.1) is 0 Å². The average molecular weight is 304 g/mol. The molecule has 0 bridgehead atoms. The van der Waals surface area contributed by atoms with E-state index in [-0.39, 0.29) is 11.6 Å². The molecule has 0 amide bonds. The lowest BCUT2D eigenvalue weighted by Gasteiger charge is -2.05. The van der Waals surface area contributed by atoms with Crippen LogP contribution in [0.15, 0.2) is 28.7 Å². The largest absolute Gasteiger partial charge is 0.437 e. The van der Waals surface area contributed by atoms with Crippen molar-refractivity contribution in [3.63, 3.8) is 0 Å². The molecule has 9 heteroatoms. The second kappa shape index (κ2) is 4.42. The Hall–Kier alpha value is -1.74. The maximum atomic E-state index is 11.3. The Bertz CT molecular complexity index is 821. The zero-order valence-corrected chi connectivity index (χ0v) is 11.8. The molecule has 0 unspecified atom stereocenters. The first-order valence-electron chi connectivity index (χ1n) is 5.13. The van der Waals surface area contributed by atoms with Gasteiger partial charge in [-0.25, -0.2) is 16.8 Å². The third-order valence-corrected chi connectivity index (χ3v) is 3.29. The molecule has 0 atom stereocenters. The van der Waals surface area contributed by atoms with E-state index >= 15 is 0 Å². The average Bonchev–Trinajstić information content (AvgIpc) is 2.52. The molecule has 1 aromatic heterocycles. The molecular formula is C10H12N2O5S2. The summed E-state index contributed by atoms with van der Waals surface area (Å²) in [5.41, 5.74) is 0.448. The summed E-state index contributed by atoms with van der Waals surface area (Å²) in [6.45, 7) is 0. The fourth-order valence-corrected chi connectivity index (χ4v) is 2.63. The van der Waals surface area contributed by atoms with Crippen molar-refractivity contribution in [2.45, 2.75) is 0 Å². The van der Waals surface area contributed by atoms with Crippen LogP contribution in [-0.2, 0) is 20.0 Å². The van der Waals surface area contributed by atoms with Gasteiger partial charge in [-0.1, -0.05) is 12.1 Å². The van der Waals surface area contributed by atoms with Crippen molar-refractivity contribution >= 4 is 42.6 Å². The van der Waals surface area contributed by atoms with Gasteiger partial charge in [0.05, 0.1) is 12.5 Å². The summed E-state index contributed by atoms with van der Waals surface area (Å²) in [6.07, 6.45) is 1.92. The Balaban J connectivity index is 2.65. The van der Waals surface area contributed by atoms with E-state index in [1.54, 1.807) is 24.3 Å². The van der Waals surface area contributed by atoms with Gasteiger partial charge in [0.15, 0.2) is 0 Å². The monoisotopic (exact) mass is 304 g/mol. The first-order valence-corrected chi connectivity index (χ1v) is 8.91. The van der Waals surface area contributed by atoms with Gasteiger partial charge in [-0.05, 0) is 12.1 Å². The standard InChI is InChI=1S/C10H12N2O5S2/c1-18(13,14)11-9-7-5-3-4-6-8(7)17-10(9)12-19(2,15)16/h3-6,11-12H,1-2H3. The summed E-state index contributed by atoms with van der Waals surface area (Å²) < 4.78 is 54.8. The molecule has 7 nitrogen and oxygen atoms in total. The van der Waals surface area contributed by atoms with Crippen LogP contribution < -0.4 is 9.44 Å². The van der Waals surface area contributed by atoms with Crippen LogP contribution in [0.1, 0.15) is 0 Å². The lowest BCUT2D eigenvalue weighted by molar-refractivity contribution is 0.597. The van der Waals surface area contributed by atoms with Gasteiger partial charge >= 0.3 is 0 Å². The van der Waals surface area contributed by atoms with Crippen molar-refractivity contribution < 1.29 is 21.3 Å². The molecule has 1 heterocycles. The molecule has 1 aromatic carbocycles. The topological polar surface area (TPSA) is 105 Å². The summed E-state index contributed by atoms with van der Waals surface area (Å²) in [5.74, 6) is -0.158. The fourth-order valence-electron chi connectivity index (χ4n) is 1.57. The third-order valence-electron chi connectivity index (χ3n) is 2.16. The highest BCUT2D eigenvalue weighted by Gasteiger charge is 2.19. The number of fused-ring (bicyclic) bond motifs is 1. The van der Waals surface area contributed by atoms with E-state index in [4.69, 9.17) is 4.42 Å². The second-order valence-corrected chi connectivity index (χ2v) is 7.55. The smallest absolute Gasteiger partial charge is 0.232 e. The summed E-state index contributed by atoms with van der Waals surface area (Å²) >= 11 is 0. The Morgan fingerprint density at radius 3 is 2.11 bits per heavy atom. The van der Waals surface area contributed by atoms with Gasteiger partial charge in [0.1, 0.15) is 11.3 Å². The van der Waals surface area contributed by atoms with E-state index in [1.807, 2.05) is 0 Å². The number of hydrogen-bond donors (Lipinski definition) is 2. The van der Waals surface area contributed by atoms with Gasteiger partial charge in [0, 0.05) is 5.39 Å². The van der Waals surface area contributed by atoms with Crippen molar-refractivity contribution in [1.29, 1.82) is 0 Å². The molecule has 0 saturated carbocycles. The molecule has 0 spiro atoms. The molecule has 0 aliphatic carbocycles. The van der Waals surface area contributed by atoms with Crippen LogP contribution in [0.25, 0.3) is 11.0 Å². The minimum Gasteiger partial charge on any atom is -0.437 e. The lowest BCUT2D eigenvalue weighted by atomic mass is 10.2. The lowest BCUT2D eigenvalue weighted by Crippen LogP contribution is -2.14. The molecule has 0 aliphatic rings. The highest BCUT2D eigenvalue weighted by molar-refractivity contribution is 7.92. The number of furan rings is 1. The maximum absolute atomic E-state index is 11.3. The Morgan fingerprint density at radius 2 is 1.53 bits per heavy atom. The van der Waals surface area contributed by atoms with Crippen molar-refractivity contribution in [2.75, 3.05) is 22.0 Å². The van der Waals surface area contributed by atoms with Gasteiger partial charge < -0.3 is 4.42 Å². The van der Waals surface area contributed by atoms with E-state index in [0.29, 0.717) is 11.0 Å². The molecule has 0 aliphatic heterocycles.